The molecule has 0 fully saturated rings. The molecule has 0 spiro atoms. The molecule has 0 bridgehead atoms. The van der Waals surface area contributed by atoms with E-state index < -0.39 is 0 Å². The van der Waals surface area contributed by atoms with Gasteiger partial charge in [0.1, 0.15) is 0 Å². The SMILES string of the molecule is c1ccc(-n2c3ccccc3c3cc(-c4nc(-c5ccc(-n6c7ccccc7c7cc8ccccc8cc76)cc5)nc(-c5cccc6ccccc56)n4)ccc32)cc1. The lowest BCUT2D eigenvalue weighted by Gasteiger charge is -2.12. The lowest BCUT2D eigenvalue weighted by atomic mass is 10.0. The van der Waals surface area contributed by atoms with Gasteiger partial charge in [0.2, 0.25) is 0 Å². The number of aromatic nitrogens is 5. The Morgan fingerprint density at radius 3 is 1.52 bits per heavy atom. The van der Waals surface area contributed by atoms with Crippen molar-refractivity contribution in [2.24, 2.45) is 0 Å². The van der Waals surface area contributed by atoms with Crippen molar-refractivity contribution in [3.63, 3.8) is 0 Å². The molecule has 0 radical (unpaired) electrons. The van der Waals surface area contributed by atoms with Crippen LogP contribution in [0, 0.1) is 0 Å². The molecule has 12 rings (SSSR count). The van der Waals surface area contributed by atoms with E-state index in [9.17, 15) is 0 Å². The summed E-state index contributed by atoms with van der Waals surface area (Å²) in [5.74, 6) is 1.89. The number of para-hydroxylation sites is 3. The fraction of sp³-hybridized carbons (Fsp3) is 0. The van der Waals surface area contributed by atoms with Crippen molar-refractivity contribution in [3.05, 3.63) is 200 Å². The predicted molar refractivity (Wildman–Crippen MR) is 240 cm³/mol. The van der Waals surface area contributed by atoms with E-state index in [1.54, 1.807) is 0 Å². The van der Waals surface area contributed by atoms with Gasteiger partial charge in [-0.3, -0.25) is 0 Å². The number of benzene rings is 9. The van der Waals surface area contributed by atoms with Crippen LogP contribution >= 0.6 is 0 Å². The highest BCUT2D eigenvalue weighted by Gasteiger charge is 2.18. The quantitative estimate of drug-likeness (QED) is 0.177. The average Bonchev–Trinajstić information content (AvgIpc) is 3.80. The third kappa shape index (κ3) is 5.07. The van der Waals surface area contributed by atoms with Crippen LogP contribution in [0.1, 0.15) is 0 Å². The monoisotopic (exact) mass is 739 g/mol. The third-order valence-electron chi connectivity index (χ3n) is 11.5. The van der Waals surface area contributed by atoms with Crippen molar-refractivity contribution in [2.45, 2.75) is 0 Å². The van der Waals surface area contributed by atoms with Gasteiger partial charge in [-0.25, -0.2) is 15.0 Å². The lowest BCUT2D eigenvalue weighted by Crippen LogP contribution is -2.01. The number of hydrogen-bond acceptors (Lipinski definition) is 3. The Kier molecular flexibility index (Phi) is 7.16. The molecule has 0 aliphatic heterocycles. The minimum Gasteiger partial charge on any atom is -0.309 e. The molecule has 5 heteroatoms. The average molecular weight is 740 g/mol. The summed E-state index contributed by atoms with van der Waals surface area (Å²) in [5, 5.41) is 9.50. The number of nitrogens with zero attached hydrogens (tertiary/aromatic N) is 5. The molecule has 0 atom stereocenters. The van der Waals surface area contributed by atoms with Gasteiger partial charge in [0.15, 0.2) is 17.5 Å². The molecule has 0 aliphatic carbocycles. The summed E-state index contributed by atoms with van der Waals surface area (Å²) in [6, 6.07) is 70.9. The highest BCUT2D eigenvalue weighted by atomic mass is 15.0. The third-order valence-corrected chi connectivity index (χ3v) is 11.5. The number of hydrogen-bond donors (Lipinski definition) is 0. The van der Waals surface area contributed by atoms with Crippen molar-refractivity contribution < 1.29 is 0 Å². The van der Waals surface area contributed by atoms with Crippen LogP contribution in [0.4, 0.5) is 0 Å². The van der Waals surface area contributed by atoms with Crippen molar-refractivity contribution >= 4 is 65.2 Å². The van der Waals surface area contributed by atoms with Crippen LogP contribution in [0.3, 0.4) is 0 Å². The molecule has 9 aromatic carbocycles. The standard InChI is InChI=1S/C53H33N5/c1-2-17-39(18-3-1)57-47-23-10-8-20-42(47)45-32-38(27-30-49(45)57)52-54-51(55-53(56-52)44-22-12-16-34-13-6-7-19-41(34)44)35-25-28-40(29-26-35)58-48-24-11-9-21-43(48)46-31-36-14-4-5-15-37(36)33-50(46)58/h1-33H. The van der Waals surface area contributed by atoms with E-state index in [4.69, 9.17) is 15.0 Å². The van der Waals surface area contributed by atoms with E-state index in [0.29, 0.717) is 17.5 Å². The van der Waals surface area contributed by atoms with Crippen LogP contribution in [-0.2, 0) is 0 Å². The maximum absolute atomic E-state index is 5.22. The molecular weight excluding hydrogens is 707 g/mol. The first-order valence-electron chi connectivity index (χ1n) is 19.6. The smallest absolute Gasteiger partial charge is 0.164 e. The van der Waals surface area contributed by atoms with E-state index in [1.807, 2.05) is 0 Å². The van der Waals surface area contributed by atoms with Gasteiger partial charge < -0.3 is 9.13 Å². The molecule has 12 aromatic rings. The Labute approximate surface area is 333 Å². The van der Waals surface area contributed by atoms with Gasteiger partial charge in [-0.15, -0.1) is 0 Å². The van der Waals surface area contributed by atoms with E-state index in [-0.39, 0.29) is 0 Å². The van der Waals surface area contributed by atoms with Crippen LogP contribution < -0.4 is 0 Å². The second-order valence-corrected chi connectivity index (χ2v) is 14.9. The number of rotatable bonds is 5. The van der Waals surface area contributed by atoms with Crippen LogP contribution in [0.25, 0.3) is 111 Å². The van der Waals surface area contributed by atoms with Crippen LogP contribution in [-0.4, -0.2) is 24.1 Å². The zero-order valence-corrected chi connectivity index (χ0v) is 31.3. The van der Waals surface area contributed by atoms with Crippen molar-refractivity contribution in [1.82, 2.24) is 24.1 Å². The molecule has 0 aliphatic rings. The normalized spacial score (nSPS) is 11.8. The van der Waals surface area contributed by atoms with Crippen LogP contribution in [0.15, 0.2) is 200 Å². The maximum atomic E-state index is 5.22. The van der Waals surface area contributed by atoms with Crippen LogP contribution in [0.5, 0.6) is 0 Å². The summed E-state index contributed by atoms with van der Waals surface area (Å²) in [4.78, 5) is 15.6. The van der Waals surface area contributed by atoms with Gasteiger partial charge >= 0.3 is 0 Å². The van der Waals surface area contributed by atoms with Gasteiger partial charge in [-0.1, -0.05) is 121 Å². The fourth-order valence-corrected chi connectivity index (χ4v) is 8.84. The summed E-state index contributed by atoms with van der Waals surface area (Å²) in [7, 11) is 0. The molecule has 3 aromatic heterocycles. The topological polar surface area (TPSA) is 48.5 Å². The van der Waals surface area contributed by atoms with Gasteiger partial charge in [0.25, 0.3) is 0 Å². The Bertz CT molecular complexity index is 3560. The molecule has 0 amide bonds. The Balaban J connectivity index is 1.04. The zero-order chi connectivity index (χ0) is 38.2. The molecule has 0 saturated heterocycles. The van der Waals surface area contributed by atoms with Crippen molar-refractivity contribution in [3.8, 4) is 45.5 Å². The largest absolute Gasteiger partial charge is 0.309 e. The predicted octanol–water partition coefficient (Wildman–Crippen LogP) is 13.4. The second kappa shape index (κ2) is 12.8. The minimum atomic E-state index is 0.625. The summed E-state index contributed by atoms with van der Waals surface area (Å²) in [6.45, 7) is 0. The zero-order valence-electron chi connectivity index (χ0n) is 31.3. The summed E-state index contributed by atoms with van der Waals surface area (Å²) in [5.41, 5.74) is 9.67. The number of fused-ring (bicyclic) bond motifs is 8. The van der Waals surface area contributed by atoms with Gasteiger partial charge in [-0.2, -0.15) is 0 Å². The summed E-state index contributed by atoms with van der Waals surface area (Å²) in [6.07, 6.45) is 0. The van der Waals surface area contributed by atoms with E-state index in [0.717, 1.165) is 55.3 Å². The Morgan fingerprint density at radius 2 is 0.776 bits per heavy atom. The van der Waals surface area contributed by atoms with E-state index in [2.05, 4.69) is 209 Å². The maximum Gasteiger partial charge on any atom is 0.164 e. The van der Waals surface area contributed by atoms with Gasteiger partial charge in [-0.05, 0) is 100 Å². The van der Waals surface area contributed by atoms with Gasteiger partial charge in [0.05, 0.1) is 22.1 Å². The molecule has 0 N–H and O–H groups in total. The molecule has 5 nitrogen and oxygen atoms in total. The minimum absolute atomic E-state index is 0.625. The first kappa shape index (κ1) is 32.4. The fourth-order valence-electron chi connectivity index (χ4n) is 8.84. The molecule has 0 saturated carbocycles. The van der Waals surface area contributed by atoms with Crippen molar-refractivity contribution in [1.29, 1.82) is 0 Å². The molecule has 58 heavy (non-hydrogen) atoms. The second-order valence-electron chi connectivity index (χ2n) is 14.9. The first-order chi connectivity index (χ1) is 28.7. The summed E-state index contributed by atoms with van der Waals surface area (Å²) < 4.78 is 4.69. The van der Waals surface area contributed by atoms with E-state index >= 15 is 0 Å². The lowest BCUT2D eigenvalue weighted by molar-refractivity contribution is 1.08. The molecule has 270 valence electrons. The highest BCUT2D eigenvalue weighted by Crippen LogP contribution is 2.38. The highest BCUT2D eigenvalue weighted by molar-refractivity contribution is 6.14. The summed E-state index contributed by atoms with van der Waals surface area (Å²) >= 11 is 0. The first-order valence-corrected chi connectivity index (χ1v) is 19.6. The molecule has 3 heterocycles. The molecular formula is C53H33N5. The van der Waals surface area contributed by atoms with Crippen molar-refractivity contribution in [2.75, 3.05) is 0 Å². The van der Waals surface area contributed by atoms with Gasteiger partial charge in [0, 0.05) is 49.6 Å². The Morgan fingerprint density at radius 1 is 0.276 bits per heavy atom. The van der Waals surface area contributed by atoms with E-state index in [1.165, 1.54) is 38.0 Å². The molecule has 0 unspecified atom stereocenters. The Hall–Kier alpha value is -7.89. The van der Waals surface area contributed by atoms with Crippen LogP contribution in [0.2, 0.25) is 0 Å².